The number of hydrogen-bond donors (Lipinski definition) is 2. The molecule has 0 aromatic rings. The van der Waals surface area contributed by atoms with E-state index in [4.69, 9.17) is 5.11 Å². The highest BCUT2D eigenvalue weighted by molar-refractivity contribution is 4.81. The van der Waals surface area contributed by atoms with Gasteiger partial charge in [0.1, 0.15) is 0 Å². The standard InChI is InChI=1S/C7H15NO2/c1-8-4-2-3-6(8)7(10)5-9/h6-7,9-10H,2-5H2,1H3/t6-,7-/m0/s1. The highest BCUT2D eigenvalue weighted by Crippen LogP contribution is 2.17. The summed E-state index contributed by atoms with van der Waals surface area (Å²) in [6.45, 7) is 0.927. The van der Waals surface area contributed by atoms with Crippen molar-refractivity contribution >= 4 is 0 Å². The van der Waals surface area contributed by atoms with E-state index in [1.807, 2.05) is 7.05 Å². The molecule has 3 nitrogen and oxygen atoms in total. The first kappa shape index (κ1) is 7.98. The second-order valence-electron chi connectivity index (χ2n) is 2.94. The van der Waals surface area contributed by atoms with Gasteiger partial charge in [0.05, 0.1) is 12.7 Å². The lowest BCUT2D eigenvalue weighted by molar-refractivity contribution is 0.0356. The Morgan fingerprint density at radius 1 is 1.70 bits per heavy atom. The van der Waals surface area contributed by atoms with Crippen molar-refractivity contribution in [3.63, 3.8) is 0 Å². The number of hydrogen-bond acceptors (Lipinski definition) is 3. The molecule has 1 aliphatic heterocycles. The number of aliphatic hydroxyl groups is 2. The van der Waals surface area contributed by atoms with Gasteiger partial charge in [-0.15, -0.1) is 0 Å². The molecule has 0 saturated carbocycles. The average Bonchev–Trinajstić information content (AvgIpc) is 2.34. The van der Waals surface area contributed by atoms with Gasteiger partial charge in [-0.05, 0) is 26.4 Å². The molecular weight excluding hydrogens is 130 g/mol. The van der Waals surface area contributed by atoms with Crippen molar-refractivity contribution in [2.45, 2.75) is 25.0 Å². The number of likely N-dealkylation sites (tertiary alicyclic amines) is 1. The molecule has 0 aromatic heterocycles. The van der Waals surface area contributed by atoms with E-state index in [9.17, 15) is 5.11 Å². The lowest BCUT2D eigenvalue weighted by Gasteiger charge is -2.23. The normalized spacial score (nSPS) is 30.9. The van der Waals surface area contributed by atoms with Crippen LogP contribution in [0.3, 0.4) is 0 Å². The fraction of sp³-hybridized carbons (Fsp3) is 1.00. The van der Waals surface area contributed by atoms with Gasteiger partial charge >= 0.3 is 0 Å². The third-order valence-corrected chi connectivity index (χ3v) is 2.21. The average molecular weight is 145 g/mol. The molecular formula is C7H15NO2. The van der Waals surface area contributed by atoms with E-state index in [2.05, 4.69) is 4.90 Å². The molecule has 0 spiro atoms. The van der Waals surface area contributed by atoms with Crippen LogP contribution in [-0.2, 0) is 0 Å². The van der Waals surface area contributed by atoms with Gasteiger partial charge in [-0.2, -0.15) is 0 Å². The summed E-state index contributed by atoms with van der Waals surface area (Å²) in [7, 11) is 1.98. The van der Waals surface area contributed by atoms with E-state index in [-0.39, 0.29) is 12.6 Å². The second-order valence-corrected chi connectivity index (χ2v) is 2.94. The fourth-order valence-electron chi connectivity index (χ4n) is 1.54. The van der Waals surface area contributed by atoms with E-state index in [1.54, 1.807) is 0 Å². The van der Waals surface area contributed by atoms with E-state index in [0.717, 1.165) is 19.4 Å². The minimum absolute atomic E-state index is 0.116. The SMILES string of the molecule is CN1CCC[C@H]1[C@@H](O)CO. The van der Waals surface area contributed by atoms with Crippen LogP contribution in [0.4, 0.5) is 0 Å². The van der Waals surface area contributed by atoms with Crippen molar-refractivity contribution in [3.8, 4) is 0 Å². The van der Waals surface area contributed by atoms with Crippen LogP contribution < -0.4 is 0 Å². The molecule has 1 aliphatic rings. The molecule has 60 valence electrons. The van der Waals surface area contributed by atoms with Crippen LogP contribution in [0.15, 0.2) is 0 Å². The predicted molar refractivity (Wildman–Crippen MR) is 38.7 cm³/mol. The molecule has 1 saturated heterocycles. The Hall–Kier alpha value is -0.120. The van der Waals surface area contributed by atoms with Crippen LogP contribution in [0.2, 0.25) is 0 Å². The Bertz CT molecular complexity index is 108. The Morgan fingerprint density at radius 3 is 2.80 bits per heavy atom. The maximum Gasteiger partial charge on any atom is 0.0925 e. The lowest BCUT2D eigenvalue weighted by Crippen LogP contribution is -2.38. The third-order valence-electron chi connectivity index (χ3n) is 2.21. The zero-order valence-corrected chi connectivity index (χ0v) is 6.32. The first-order valence-electron chi connectivity index (χ1n) is 3.75. The van der Waals surface area contributed by atoms with Crippen molar-refractivity contribution in [1.29, 1.82) is 0 Å². The maximum absolute atomic E-state index is 9.24. The predicted octanol–water partition coefficient (Wildman–Crippen LogP) is -0.566. The Labute approximate surface area is 61.3 Å². The number of nitrogens with zero attached hydrogens (tertiary/aromatic N) is 1. The fourth-order valence-corrected chi connectivity index (χ4v) is 1.54. The molecule has 0 unspecified atom stereocenters. The molecule has 0 bridgehead atoms. The van der Waals surface area contributed by atoms with Crippen LogP contribution >= 0.6 is 0 Å². The van der Waals surface area contributed by atoms with Crippen molar-refractivity contribution in [1.82, 2.24) is 4.90 Å². The summed E-state index contributed by atoms with van der Waals surface area (Å²) in [6.07, 6.45) is 1.60. The number of aliphatic hydroxyl groups excluding tert-OH is 2. The molecule has 1 heterocycles. The van der Waals surface area contributed by atoms with Crippen LogP contribution in [0.5, 0.6) is 0 Å². The highest BCUT2D eigenvalue weighted by Gasteiger charge is 2.26. The van der Waals surface area contributed by atoms with Crippen LogP contribution in [0.25, 0.3) is 0 Å². The minimum atomic E-state index is -0.549. The van der Waals surface area contributed by atoms with Gasteiger partial charge < -0.3 is 15.1 Å². The van der Waals surface area contributed by atoms with Crippen LogP contribution in [0, 0.1) is 0 Å². The minimum Gasteiger partial charge on any atom is -0.394 e. The van der Waals surface area contributed by atoms with Gasteiger partial charge in [-0.25, -0.2) is 0 Å². The molecule has 2 N–H and O–H groups in total. The van der Waals surface area contributed by atoms with E-state index < -0.39 is 6.10 Å². The second kappa shape index (κ2) is 3.32. The van der Waals surface area contributed by atoms with Crippen molar-refractivity contribution in [2.24, 2.45) is 0 Å². The summed E-state index contributed by atoms with van der Waals surface area (Å²) in [5, 5.41) is 17.9. The first-order chi connectivity index (χ1) is 4.75. The van der Waals surface area contributed by atoms with Gasteiger partial charge in [0.25, 0.3) is 0 Å². The van der Waals surface area contributed by atoms with E-state index >= 15 is 0 Å². The smallest absolute Gasteiger partial charge is 0.0925 e. The van der Waals surface area contributed by atoms with Gasteiger partial charge in [0, 0.05) is 6.04 Å². The maximum atomic E-state index is 9.24. The number of likely N-dealkylation sites (N-methyl/N-ethyl adjacent to an activating group) is 1. The summed E-state index contributed by atoms with van der Waals surface area (Å²) < 4.78 is 0. The van der Waals surface area contributed by atoms with Crippen molar-refractivity contribution < 1.29 is 10.2 Å². The summed E-state index contributed by atoms with van der Waals surface area (Å²) in [5.41, 5.74) is 0. The molecule has 3 heteroatoms. The van der Waals surface area contributed by atoms with Gasteiger partial charge in [-0.3, -0.25) is 0 Å². The zero-order chi connectivity index (χ0) is 7.56. The Balaban J connectivity index is 2.38. The van der Waals surface area contributed by atoms with Crippen LogP contribution in [0.1, 0.15) is 12.8 Å². The summed E-state index contributed by atoms with van der Waals surface area (Å²) in [6, 6.07) is 0.185. The molecule has 0 radical (unpaired) electrons. The monoisotopic (exact) mass is 145 g/mol. The molecule has 1 fully saturated rings. The van der Waals surface area contributed by atoms with Gasteiger partial charge in [0.15, 0.2) is 0 Å². The topological polar surface area (TPSA) is 43.7 Å². The Morgan fingerprint density at radius 2 is 2.40 bits per heavy atom. The molecule has 0 aliphatic carbocycles. The highest BCUT2D eigenvalue weighted by atomic mass is 16.3. The third kappa shape index (κ3) is 1.48. The van der Waals surface area contributed by atoms with Crippen molar-refractivity contribution in [3.05, 3.63) is 0 Å². The van der Waals surface area contributed by atoms with Crippen LogP contribution in [-0.4, -0.2) is 47.5 Å². The van der Waals surface area contributed by atoms with E-state index in [1.165, 1.54) is 0 Å². The summed E-state index contributed by atoms with van der Waals surface area (Å²) >= 11 is 0. The lowest BCUT2D eigenvalue weighted by atomic mass is 10.1. The molecule has 10 heavy (non-hydrogen) atoms. The van der Waals surface area contributed by atoms with Gasteiger partial charge in [0.2, 0.25) is 0 Å². The molecule has 0 amide bonds. The first-order valence-corrected chi connectivity index (χ1v) is 3.75. The molecule has 2 atom stereocenters. The zero-order valence-electron chi connectivity index (χ0n) is 6.32. The van der Waals surface area contributed by atoms with Gasteiger partial charge in [-0.1, -0.05) is 0 Å². The molecule has 0 aromatic carbocycles. The van der Waals surface area contributed by atoms with E-state index in [0.29, 0.717) is 0 Å². The quantitative estimate of drug-likeness (QED) is 0.547. The number of rotatable bonds is 2. The molecule has 1 rings (SSSR count). The summed E-state index contributed by atoms with van der Waals surface area (Å²) in [5.74, 6) is 0. The summed E-state index contributed by atoms with van der Waals surface area (Å²) in [4.78, 5) is 2.10. The largest absolute Gasteiger partial charge is 0.394 e. The Kier molecular flexibility index (Phi) is 2.65. The van der Waals surface area contributed by atoms with Crippen molar-refractivity contribution in [2.75, 3.05) is 20.2 Å².